The predicted molar refractivity (Wildman–Crippen MR) is 46.6 cm³/mol. The van der Waals surface area contributed by atoms with Gasteiger partial charge in [-0.2, -0.15) is 5.26 Å². The molecule has 0 aromatic heterocycles. The van der Waals surface area contributed by atoms with Crippen molar-refractivity contribution in [3.63, 3.8) is 0 Å². The van der Waals surface area contributed by atoms with Crippen LogP contribution in [0.4, 0.5) is 0 Å². The van der Waals surface area contributed by atoms with E-state index in [1.807, 2.05) is 6.92 Å². The van der Waals surface area contributed by atoms with Crippen molar-refractivity contribution in [2.24, 2.45) is 5.92 Å². The molecule has 0 spiro atoms. The maximum atomic E-state index is 9.08. The summed E-state index contributed by atoms with van der Waals surface area (Å²) in [5.41, 5.74) is -0.340. The van der Waals surface area contributed by atoms with Crippen LogP contribution in [0.3, 0.4) is 0 Å². The third-order valence-corrected chi connectivity index (χ3v) is 2.54. The van der Waals surface area contributed by atoms with Crippen molar-refractivity contribution in [2.75, 3.05) is 19.8 Å². The Bertz CT molecular complexity index is 183. The lowest BCUT2D eigenvalue weighted by Crippen LogP contribution is -2.53. The van der Waals surface area contributed by atoms with Crippen molar-refractivity contribution in [1.82, 2.24) is 5.32 Å². The number of nitriles is 1. The molecule has 2 unspecified atom stereocenters. The zero-order valence-corrected chi connectivity index (χ0v) is 7.76. The van der Waals surface area contributed by atoms with Crippen LogP contribution in [0.1, 0.15) is 20.3 Å². The molecule has 1 rings (SSSR count). The quantitative estimate of drug-likeness (QED) is 0.666. The first kappa shape index (κ1) is 9.50. The van der Waals surface area contributed by atoms with Gasteiger partial charge in [0.1, 0.15) is 5.54 Å². The fourth-order valence-corrected chi connectivity index (χ4v) is 1.67. The first-order valence-corrected chi connectivity index (χ1v) is 4.49. The van der Waals surface area contributed by atoms with Crippen molar-refractivity contribution in [3.8, 4) is 6.07 Å². The van der Waals surface area contributed by atoms with Crippen LogP contribution >= 0.6 is 0 Å². The SMILES string of the molecule is CCNC1(C#N)CCOCC1C. The van der Waals surface area contributed by atoms with Gasteiger partial charge in [0.05, 0.1) is 12.7 Å². The normalized spacial score (nSPS) is 35.9. The molecule has 12 heavy (non-hydrogen) atoms. The topological polar surface area (TPSA) is 45.0 Å². The summed E-state index contributed by atoms with van der Waals surface area (Å²) in [4.78, 5) is 0. The van der Waals surface area contributed by atoms with E-state index in [4.69, 9.17) is 10.00 Å². The summed E-state index contributed by atoms with van der Waals surface area (Å²) in [6.07, 6.45) is 0.804. The average Bonchev–Trinajstić information content (AvgIpc) is 2.10. The van der Waals surface area contributed by atoms with Crippen LogP contribution < -0.4 is 5.32 Å². The Morgan fingerprint density at radius 2 is 2.50 bits per heavy atom. The van der Waals surface area contributed by atoms with Gasteiger partial charge >= 0.3 is 0 Å². The number of hydrogen-bond donors (Lipinski definition) is 1. The summed E-state index contributed by atoms with van der Waals surface area (Å²) in [5.74, 6) is 0.288. The highest BCUT2D eigenvalue weighted by molar-refractivity contribution is 5.11. The molecule has 0 radical (unpaired) electrons. The van der Waals surface area contributed by atoms with Crippen molar-refractivity contribution in [1.29, 1.82) is 5.26 Å². The molecule has 2 atom stereocenters. The molecule has 1 saturated heterocycles. The summed E-state index contributed by atoms with van der Waals surface area (Å²) in [6.45, 7) is 6.33. The van der Waals surface area contributed by atoms with E-state index in [2.05, 4.69) is 18.3 Å². The summed E-state index contributed by atoms with van der Waals surface area (Å²) in [5, 5.41) is 12.3. The van der Waals surface area contributed by atoms with Gasteiger partial charge in [-0.15, -0.1) is 0 Å². The fourth-order valence-electron chi connectivity index (χ4n) is 1.67. The van der Waals surface area contributed by atoms with Gasteiger partial charge in [-0.3, -0.25) is 5.32 Å². The Kier molecular flexibility index (Phi) is 3.07. The Balaban J connectivity index is 2.68. The Morgan fingerprint density at radius 1 is 1.75 bits per heavy atom. The van der Waals surface area contributed by atoms with Gasteiger partial charge in [-0.25, -0.2) is 0 Å². The maximum Gasteiger partial charge on any atom is 0.113 e. The van der Waals surface area contributed by atoms with Crippen LogP contribution in [0, 0.1) is 17.2 Å². The van der Waals surface area contributed by atoms with E-state index in [9.17, 15) is 0 Å². The summed E-state index contributed by atoms with van der Waals surface area (Å²) in [6, 6.07) is 2.38. The Morgan fingerprint density at radius 3 is 3.00 bits per heavy atom. The highest BCUT2D eigenvalue weighted by atomic mass is 16.5. The van der Waals surface area contributed by atoms with Crippen LogP contribution in [-0.4, -0.2) is 25.3 Å². The minimum atomic E-state index is -0.340. The lowest BCUT2D eigenvalue weighted by atomic mass is 9.82. The van der Waals surface area contributed by atoms with Crippen LogP contribution in [-0.2, 0) is 4.74 Å². The van der Waals surface area contributed by atoms with Crippen molar-refractivity contribution < 1.29 is 4.74 Å². The van der Waals surface area contributed by atoms with E-state index in [1.165, 1.54) is 0 Å². The van der Waals surface area contributed by atoms with Crippen LogP contribution in [0.15, 0.2) is 0 Å². The van der Waals surface area contributed by atoms with Gasteiger partial charge in [-0.05, 0) is 6.54 Å². The minimum absolute atomic E-state index is 0.288. The maximum absolute atomic E-state index is 9.08. The zero-order chi connectivity index (χ0) is 9.03. The summed E-state index contributed by atoms with van der Waals surface area (Å²) >= 11 is 0. The molecule has 0 amide bonds. The molecule has 3 heteroatoms. The molecular weight excluding hydrogens is 152 g/mol. The summed E-state index contributed by atoms with van der Waals surface area (Å²) < 4.78 is 5.29. The number of ether oxygens (including phenoxy) is 1. The highest BCUT2D eigenvalue weighted by Gasteiger charge is 2.38. The van der Waals surface area contributed by atoms with E-state index in [0.29, 0.717) is 13.2 Å². The molecule has 0 aromatic rings. The summed E-state index contributed by atoms with van der Waals surface area (Å²) in [7, 11) is 0. The molecule has 0 saturated carbocycles. The third kappa shape index (κ3) is 1.60. The largest absolute Gasteiger partial charge is 0.381 e. The van der Waals surface area contributed by atoms with Gasteiger partial charge in [0, 0.05) is 18.9 Å². The first-order valence-electron chi connectivity index (χ1n) is 4.49. The second-order valence-corrected chi connectivity index (χ2v) is 3.34. The molecule has 1 aliphatic rings. The molecule has 1 heterocycles. The Labute approximate surface area is 73.7 Å². The van der Waals surface area contributed by atoms with Crippen LogP contribution in [0.2, 0.25) is 0 Å². The van der Waals surface area contributed by atoms with E-state index in [0.717, 1.165) is 13.0 Å². The van der Waals surface area contributed by atoms with Gasteiger partial charge in [-0.1, -0.05) is 13.8 Å². The number of hydrogen-bond acceptors (Lipinski definition) is 3. The highest BCUT2D eigenvalue weighted by Crippen LogP contribution is 2.25. The Hall–Kier alpha value is -0.590. The lowest BCUT2D eigenvalue weighted by molar-refractivity contribution is 0.0160. The average molecular weight is 168 g/mol. The molecule has 0 aliphatic carbocycles. The lowest BCUT2D eigenvalue weighted by Gasteiger charge is -2.37. The van der Waals surface area contributed by atoms with E-state index in [1.54, 1.807) is 0 Å². The van der Waals surface area contributed by atoms with Gasteiger partial charge in [0.2, 0.25) is 0 Å². The van der Waals surface area contributed by atoms with Gasteiger partial charge in [0.15, 0.2) is 0 Å². The number of nitrogens with zero attached hydrogens (tertiary/aromatic N) is 1. The fraction of sp³-hybridized carbons (Fsp3) is 0.889. The second-order valence-electron chi connectivity index (χ2n) is 3.34. The predicted octanol–water partition coefficient (Wildman–Crippen LogP) is 0.915. The standard InChI is InChI=1S/C9H16N2O/c1-3-11-9(7-10)4-5-12-6-8(9)2/h8,11H,3-6H2,1-2H3. The smallest absolute Gasteiger partial charge is 0.113 e. The van der Waals surface area contributed by atoms with E-state index >= 15 is 0 Å². The molecule has 1 aliphatic heterocycles. The first-order chi connectivity index (χ1) is 5.75. The number of nitrogens with one attached hydrogen (secondary N) is 1. The van der Waals surface area contributed by atoms with Crippen molar-refractivity contribution in [2.45, 2.75) is 25.8 Å². The van der Waals surface area contributed by atoms with E-state index in [-0.39, 0.29) is 11.5 Å². The second kappa shape index (κ2) is 3.88. The van der Waals surface area contributed by atoms with Crippen LogP contribution in [0.5, 0.6) is 0 Å². The number of rotatable bonds is 2. The monoisotopic (exact) mass is 168 g/mol. The van der Waals surface area contributed by atoms with Crippen molar-refractivity contribution in [3.05, 3.63) is 0 Å². The molecular formula is C9H16N2O. The molecule has 0 aromatic carbocycles. The zero-order valence-electron chi connectivity index (χ0n) is 7.76. The minimum Gasteiger partial charge on any atom is -0.381 e. The molecule has 0 bridgehead atoms. The third-order valence-electron chi connectivity index (χ3n) is 2.54. The van der Waals surface area contributed by atoms with Crippen molar-refractivity contribution >= 4 is 0 Å². The molecule has 68 valence electrons. The van der Waals surface area contributed by atoms with E-state index < -0.39 is 0 Å². The molecule has 1 fully saturated rings. The van der Waals surface area contributed by atoms with Gasteiger partial charge in [0.25, 0.3) is 0 Å². The van der Waals surface area contributed by atoms with Crippen LogP contribution in [0.25, 0.3) is 0 Å². The molecule has 1 N–H and O–H groups in total. The molecule has 3 nitrogen and oxygen atoms in total. The van der Waals surface area contributed by atoms with Gasteiger partial charge < -0.3 is 4.74 Å².